The Morgan fingerprint density at radius 1 is 0.676 bits per heavy atom. The fourth-order valence-electron chi connectivity index (χ4n) is 3.28. The van der Waals surface area contributed by atoms with Crippen LogP contribution < -0.4 is 9.47 Å². The highest BCUT2D eigenvalue weighted by molar-refractivity contribution is 5.55. The maximum Gasteiger partial charge on any atom is 0.189 e. The van der Waals surface area contributed by atoms with Crippen molar-refractivity contribution in [2.45, 2.75) is 25.0 Å². The zero-order valence-electron chi connectivity index (χ0n) is 18.9. The third kappa shape index (κ3) is 7.23. The lowest BCUT2D eigenvalue weighted by Gasteiger charge is -2.08. The highest BCUT2D eigenvalue weighted by atomic mass is 16.7. The molecule has 0 radical (unpaired) electrons. The molecule has 5 rings (SSSR count). The summed E-state index contributed by atoms with van der Waals surface area (Å²) in [5, 5.41) is 0. The molecule has 2 atom stereocenters. The van der Waals surface area contributed by atoms with Crippen LogP contribution in [-0.2, 0) is 31.8 Å². The minimum atomic E-state index is 0.213. The summed E-state index contributed by atoms with van der Waals surface area (Å²) in [7, 11) is 0. The predicted octanol–water partition coefficient (Wildman–Crippen LogP) is 3.43. The monoisotopic (exact) mass is 464 g/mol. The number of nitrogens with zero attached hydrogens (tertiary/aromatic N) is 2. The van der Waals surface area contributed by atoms with Gasteiger partial charge in [-0.2, -0.15) is 0 Å². The quantitative estimate of drug-likeness (QED) is 0.204. The van der Waals surface area contributed by atoms with E-state index in [9.17, 15) is 0 Å². The van der Waals surface area contributed by atoms with Gasteiger partial charge in [0.2, 0.25) is 0 Å². The van der Waals surface area contributed by atoms with E-state index in [1.807, 2.05) is 48.8 Å². The molecule has 178 valence electrons. The van der Waals surface area contributed by atoms with E-state index in [1.165, 1.54) is 5.56 Å². The second kappa shape index (κ2) is 11.4. The molecule has 2 aliphatic heterocycles. The number of epoxide rings is 2. The molecule has 3 aromatic rings. The minimum Gasteiger partial charge on any atom is -0.468 e. The molecular formula is C26H28N2O6. The van der Waals surface area contributed by atoms with Crippen molar-refractivity contribution in [3.8, 4) is 22.9 Å². The Morgan fingerprint density at radius 2 is 1.18 bits per heavy atom. The van der Waals surface area contributed by atoms with Crippen molar-refractivity contribution >= 4 is 0 Å². The van der Waals surface area contributed by atoms with Crippen LogP contribution in [-0.4, -0.2) is 62.2 Å². The predicted molar refractivity (Wildman–Crippen MR) is 124 cm³/mol. The van der Waals surface area contributed by atoms with Crippen LogP contribution in [0.3, 0.4) is 0 Å². The normalized spacial score (nSPS) is 18.5. The molecule has 2 aromatic carbocycles. The van der Waals surface area contributed by atoms with Crippen LogP contribution in [0.1, 0.15) is 11.1 Å². The van der Waals surface area contributed by atoms with Gasteiger partial charge in [-0.05, 0) is 60.4 Å². The van der Waals surface area contributed by atoms with Gasteiger partial charge in [-0.3, -0.25) is 0 Å². The molecule has 2 unspecified atom stereocenters. The third-order valence-corrected chi connectivity index (χ3v) is 5.47. The fraction of sp³-hybridized carbons (Fsp3) is 0.385. The van der Waals surface area contributed by atoms with E-state index < -0.39 is 0 Å². The maximum absolute atomic E-state index is 5.58. The second-order valence-electron chi connectivity index (χ2n) is 8.26. The summed E-state index contributed by atoms with van der Waals surface area (Å²) in [5.74, 6) is 2.23. The molecule has 8 nitrogen and oxygen atoms in total. The van der Waals surface area contributed by atoms with Crippen LogP contribution in [0.15, 0.2) is 60.9 Å². The first-order valence-electron chi connectivity index (χ1n) is 11.5. The molecule has 0 aliphatic carbocycles. The molecule has 0 bridgehead atoms. The minimum absolute atomic E-state index is 0.213. The smallest absolute Gasteiger partial charge is 0.189 e. The summed E-state index contributed by atoms with van der Waals surface area (Å²) in [4.78, 5) is 9.06. The number of aromatic nitrogens is 2. The summed E-state index contributed by atoms with van der Waals surface area (Å²) < 4.78 is 32.1. The molecule has 34 heavy (non-hydrogen) atoms. The van der Waals surface area contributed by atoms with E-state index in [0.29, 0.717) is 19.0 Å². The molecule has 0 spiro atoms. The number of rotatable bonds is 14. The van der Waals surface area contributed by atoms with E-state index in [1.54, 1.807) is 0 Å². The van der Waals surface area contributed by atoms with Crippen molar-refractivity contribution in [2.24, 2.45) is 0 Å². The van der Waals surface area contributed by atoms with Gasteiger partial charge in [0.1, 0.15) is 23.7 Å². The van der Waals surface area contributed by atoms with Gasteiger partial charge in [0.15, 0.2) is 19.4 Å². The molecule has 0 saturated carbocycles. The van der Waals surface area contributed by atoms with Gasteiger partial charge in [0, 0.05) is 18.0 Å². The number of aryl methyl sites for hydroxylation is 2. The standard InChI is InChI=1S/C26H28N2O6/c1(19-3-7-22(8-4-19)33-17-29-13-24-15-31-24)2-20-11-27-26(28-12-20)21-5-9-23(10-6-21)34-18-30-14-25-16-32-25/h3-12,24-25H,1-2,13-18H2. The Kier molecular flexibility index (Phi) is 7.62. The lowest BCUT2D eigenvalue weighted by atomic mass is 10.1. The zero-order valence-corrected chi connectivity index (χ0v) is 18.9. The van der Waals surface area contributed by atoms with Crippen molar-refractivity contribution in [2.75, 3.05) is 40.0 Å². The highest BCUT2D eigenvalue weighted by Crippen LogP contribution is 2.20. The molecule has 0 amide bonds. The average molecular weight is 465 g/mol. The van der Waals surface area contributed by atoms with Crippen LogP contribution in [0.4, 0.5) is 0 Å². The number of hydrogen-bond acceptors (Lipinski definition) is 8. The first kappa shape index (κ1) is 22.7. The van der Waals surface area contributed by atoms with Crippen molar-refractivity contribution in [1.29, 1.82) is 0 Å². The highest BCUT2D eigenvalue weighted by Gasteiger charge is 2.22. The summed E-state index contributed by atoms with van der Waals surface area (Å²) in [5.41, 5.74) is 3.26. The number of benzene rings is 2. The van der Waals surface area contributed by atoms with Crippen LogP contribution in [0.5, 0.6) is 11.5 Å². The van der Waals surface area contributed by atoms with E-state index in [2.05, 4.69) is 22.1 Å². The average Bonchev–Trinajstić information content (AvgIpc) is 3.81. The van der Waals surface area contributed by atoms with Gasteiger partial charge in [0.25, 0.3) is 0 Å². The zero-order chi connectivity index (χ0) is 23.0. The third-order valence-electron chi connectivity index (χ3n) is 5.47. The Balaban J connectivity index is 1.04. The van der Waals surface area contributed by atoms with Crippen molar-refractivity contribution in [3.63, 3.8) is 0 Å². The van der Waals surface area contributed by atoms with Gasteiger partial charge in [-0.25, -0.2) is 9.97 Å². The van der Waals surface area contributed by atoms with E-state index in [4.69, 9.17) is 28.4 Å². The Hall–Kier alpha value is -3.04. The van der Waals surface area contributed by atoms with E-state index in [-0.39, 0.29) is 25.8 Å². The molecule has 8 heteroatoms. The maximum atomic E-state index is 5.58. The summed E-state index contributed by atoms with van der Waals surface area (Å²) in [6, 6.07) is 15.8. The van der Waals surface area contributed by atoms with Gasteiger partial charge in [-0.1, -0.05) is 12.1 Å². The Morgan fingerprint density at radius 3 is 1.71 bits per heavy atom. The second-order valence-corrected chi connectivity index (χ2v) is 8.26. The summed E-state index contributed by atoms with van der Waals surface area (Å²) in [6.45, 7) is 3.19. The van der Waals surface area contributed by atoms with Gasteiger partial charge in [0.05, 0.1) is 26.4 Å². The van der Waals surface area contributed by atoms with Gasteiger partial charge < -0.3 is 28.4 Å². The molecule has 2 aliphatic rings. The van der Waals surface area contributed by atoms with Gasteiger partial charge >= 0.3 is 0 Å². The summed E-state index contributed by atoms with van der Waals surface area (Å²) >= 11 is 0. The van der Waals surface area contributed by atoms with Crippen LogP contribution in [0.2, 0.25) is 0 Å². The van der Waals surface area contributed by atoms with Crippen molar-refractivity contribution in [1.82, 2.24) is 9.97 Å². The first-order valence-corrected chi connectivity index (χ1v) is 11.5. The molecule has 2 saturated heterocycles. The summed E-state index contributed by atoms with van der Waals surface area (Å²) in [6.07, 6.45) is 6.03. The fourth-order valence-corrected chi connectivity index (χ4v) is 3.28. The van der Waals surface area contributed by atoms with Crippen molar-refractivity contribution < 1.29 is 28.4 Å². The Bertz CT molecular complexity index is 1020. The van der Waals surface area contributed by atoms with E-state index >= 15 is 0 Å². The van der Waals surface area contributed by atoms with Crippen molar-refractivity contribution in [3.05, 3.63) is 72.1 Å². The molecule has 2 fully saturated rings. The molecule has 0 N–H and O–H groups in total. The lowest BCUT2D eigenvalue weighted by Crippen LogP contribution is -2.07. The largest absolute Gasteiger partial charge is 0.468 e. The molecular weight excluding hydrogens is 436 g/mol. The lowest BCUT2D eigenvalue weighted by molar-refractivity contribution is 0.00809. The SMILES string of the molecule is c1cc(OCOCC2CO2)ccc1CCc1cnc(-c2ccc(OCOCC3CO3)cc2)nc1. The first-order chi connectivity index (χ1) is 16.8. The number of ether oxygens (including phenoxy) is 6. The molecule has 3 heterocycles. The van der Waals surface area contributed by atoms with Crippen LogP contribution in [0, 0.1) is 0 Å². The number of hydrogen-bond donors (Lipinski definition) is 0. The molecule has 1 aromatic heterocycles. The van der Waals surface area contributed by atoms with Crippen LogP contribution in [0.25, 0.3) is 11.4 Å². The van der Waals surface area contributed by atoms with Gasteiger partial charge in [-0.15, -0.1) is 0 Å². The van der Waals surface area contributed by atoms with E-state index in [0.717, 1.165) is 48.7 Å². The van der Waals surface area contributed by atoms with Crippen LogP contribution >= 0.6 is 0 Å². The Labute approximate surface area is 198 Å². The topological polar surface area (TPSA) is 87.8 Å².